The van der Waals surface area contributed by atoms with Crippen LogP contribution in [-0.4, -0.2) is 25.0 Å². The molecule has 0 fully saturated rings. The molecule has 2 rings (SSSR count). The fraction of sp³-hybridized carbons (Fsp3) is 0.391. The van der Waals surface area contributed by atoms with Gasteiger partial charge in [-0.2, -0.15) is 0 Å². The highest BCUT2D eigenvalue weighted by atomic mass is 16.5. The number of carbonyl (C=O) groups is 2. The molecule has 2 aromatic carbocycles. The molecule has 2 amide bonds. The van der Waals surface area contributed by atoms with Gasteiger partial charge >= 0.3 is 0 Å². The molecule has 0 spiro atoms. The van der Waals surface area contributed by atoms with Gasteiger partial charge in [0.2, 0.25) is 11.8 Å². The van der Waals surface area contributed by atoms with E-state index in [0.717, 1.165) is 23.5 Å². The van der Waals surface area contributed by atoms with Gasteiger partial charge < -0.3 is 20.7 Å². The molecule has 0 heterocycles. The van der Waals surface area contributed by atoms with Crippen LogP contribution in [0.1, 0.15) is 46.0 Å². The van der Waals surface area contributed by atoms with Gasteiger partial charge in [0.25, 0.3) is 0 Å². The number of anilines is 3. The molecule has 29 heavy (non-hydrogen) atoms. The summed E-state index contributed by atoms with van der Waals surface area (Å²) in [6.07, 6.45) is 5.98. The number of carbonyl (C=O) groups excluding carboxylic acids is 2. The second kappa shape index (κ2) is 12.4. The third-order valence-electron chi connectivity index (χ3n) is 4.29. The third-order valence-corrected chi connectivity index (χ3v) is 4.29. The van der Waals surface area contributed by atoms with Crippen molar-refractivity contribution in [3.63, 3.8) is 0 Å². The van der Waals surface area contributed by atoms with Gasteiger partial charge in [-0.1, -0.05) is 38.7 Å². The standard InChI is InChI=1S/C23H31N3O3/c1-3-4-5-6-7-15-29-22-10-8-9-21(16-22)26-23(28)17-24-19-11-13-20(14-12-19)25-18(2)27/h8-14,16,24H,3-7,15,17H2,1-2H3,(H,25,27)(H,26,28). The highest BCUT2D eigenvalue weighted by molar-refractivity contribution is 5.94. The van der Waals surface area contributed by atoms with Crippen molar-refractivity contribution in [1.82, 2.24) is 0 Å². The minimum absolute atomic E-state index is 0.118. The van der Waals surface area contributed by atoms with Gasteiger partial charge in [0, 0.05) is 30.1 Å². The number of hydrogen-bond acceptors (Lipinski definition) is 4. The van der Waals surface area contributed by atoms with Crippen molar-refractivity contribution in [2.75, 3.05) is 29.1 Å². The van der Waals surface area contributed by atoms with Crippen molar-refractivity contribution in [3.8, 4) is 5.75 Å². The van der Waals surface area contributed by atoms with Crippen molar-refractivity contribution < 1.29 is 14.3 Å². The smallest absolute Gasteiger partial charge is 0.243 e. The first kappa shape index (κ1) is 22.3. The Balaban J connectivity index is 1.73. The van der Waals surface area contributed by atoms with Crippen LogP contribution in [0, 0.1) is 0 Å². The molecule has 0 saturated heterocycles. The summed E-state index contributed by atoms with van der Waals surface area (Å²) in [4.78, 5) is 23.2. The summed E-state index contributed by atoms with van der Waals surface area (Å²) in [6, 6.07) is 14.6. The third kappa shape index (κ3) is 9.14. The number of ether oxygens (including phenoxy) is 1. The number of hydrogen-bond donors (Lipinski definition) is 3. The quantitative estimate of drug-likeness (QED) is 0.438. The zero-order valence-corrected chi connectivity index (χ0v) is 17.3. The SMILES string of the molecule is CCCCCCCOc1cccc(NC(=O)CNc2ccc(NC(C)=O)cc2)c1. The van der Waals surface area contributed by atoms with Crippen molar-refractivity contribution >= 4 is 28.9 Å². The number of rotatable bonds is 12. The summed E-state index contributed by atoms with van der Waals surface area (Å²) in [5.41, 5.74) is 2.23. The molecule has 0 radical (unpaired) electrons. The number of amides is 2. The second-order valence-electron chi connectivity index (χ2n) is 6.95. The van der Waals surface area contributed by atoms with Gasteiger partial charge in [-0.15, -0.1) is 0 Å². The van der Waals surface area contributed by atoms with E-state index in [4.69, 9.17) is 4.74 Å². The maximum atomic E-state index is 12.2. The van der Waals surface area contributed by atoms with E-state index in [1.807, 2.05) is 36.4 Å². The normalized spacial score (nSPS) is 10.3. The summed E-state index contributed by atoms with van der Waals surface area (Å²) < 4.78 is 5.78. The maximum Gasteiger partial charge on any atom is 0.243 e. The van der Waals surface area contributed by atoms with Gasteiger partial charge in [0.05, 0.1) is 13.2 Å². The van der Waals surface area contributed by atoms with Gasteiger partial charge in [-0.3, -0.25) is 9.59 Å². The van der Waals surface area contributed by atoms with Crippen molar-refractivity contribution in [2.45, 2.75) is 46.0 Å². The van der Waals surface area contributed by atoms with Crippen LogP contribution in [0.3, 0.4) is 0 Å². The predicted octanol–water partition coefficient (Wildman–Crippen LogP) is 5.04. The minimum atomic E-state index is -0.146. The molecular weight excluding hydrogens is 366 g/mol. The summed E-state index contributed by atoms with van der Waals surface area (Å²) in [5, 5.41) is 8.64. The van der Waals surface area contributed by atoms with Crippen LogP contribution in [0.4, 0.5) is 17.1 Å². The van der Waals surface area contributed by atoms with E-state index in [1.165, 1.54) is 32.6 Å². The molecule has 0 unspecified atom stereocenters. The lowest BCUT2D eigenvalue weighted by molar-refractivity contribution is -0.115. The molecular formula is C23H31N3O3. The van der Waals surface area contributed by atoms with Crippen LogP contribution in [-0.2, 0) is 9.59 Å². The highest BCUT2D eigenvalue weighted by Crippen LogP contribution is 2.18. The average molecular weight is 398 g/mol. The highest BCUT2D eigenvalue weighted by Gasteiger charge is 2.04. The van der Waals surface area contributed by atoms with Gasteiger partial charge in [0.15, 0.2) is 0 Å². The van der Waals surface area contributed by atoms with Crippen molar-refractivity contribution in [2.24, 2.45) is 0 Å². The fourth-order valence-corrected chi connectivity index (χ4v) is 2.82. The van der Waals surface area contributed by atoms with Gasteiger partial charge in [0.1, 0.15) is 5.75 Å². The van der Waals surface area contributed by atoms with Crippen LogP contribution in [0.15, 0.2) is 48.5 Å². The Morgan fingerprint density at radius 1 is 0.862 bits per heavy atom. The molecule has 2 aromatic rings. The number of nitrogens with one attached hydrogen (secondary N) is 3. The number of benzene rings is 2. The molecule has 0 aliphatic rings. The fourth-order valence-electron chi connectivity index (χ4n) is 2.82. The van der Waals surface area contributed by atoms with Crippen molar-refractivity contribution in [3.05, 3.63) is 48.5 Å². The summed E-state index contributed by atoms with van der Waals surface area (Å²) in [7, 11) is 0. The first-order valence-electron chi connectivity index (χ1n) is 10.2. The largest absolute Gasteiger partial charge is 0.494 e. The monoisotopic (exact) mass is 397 g/mol. The molecule has 0 aliphatic heterocycles. The Morgan fingerprint density at radius 2 is 1.59 bits per heavy atom. The lowest BCUT2D eigenvalue weighted by Crippen LogP contribution is -2.21. The topological polar surface area (TPSA) is 79.5 Å². The van der Waals surface area contributed by atoms with Crippen LogP contribution >= 0.6 is 0 Å². The molecule has 0 bridgehead atoms. The maximum absolute atomic E-state index is 12.2. The second-order valence-corrected chi connectivity index (χ2v) is 6.95. The molecule has 0 aliphatic carbocycles. The van der Waals surface area contributed by atoms with Crippen molar-refractivity contribution in [1.29, 1.82) is 0 Å². The predicted molar refractivity (Wildman–Crippen MR) is 119 cm³/mol. The Morgan fingerprint density at radius 3 is 2.31 bits per heavy atom. The number of unbranched alkanes of at least 4 members (excludes halogenated alkanes) is 4. The molecule has 156 valence electrons. The van der Waals surface area contributed by atoms with Gasteiger partial charge in [-0.05, 0) is 42.8 Å². The minimum Gasteiger partial charge on any atom is -0.494 e. The Hall–Kier alpha value is -3.02. The van der Waals surface area contributed by atoms with E-state index in [9.17, 15) is 9.59 Å². The average Bonchev–Trinajstić information content (AvgIpc) is 2.70. The van der Waals surface area contributed by atoms with E-state index in [-0.39, 0.29) is 18.4 Å². The van der Waals surface area contributed by atoms with E-state index < -0.39 is 0 Å². The molecule has 0 atom stereocenters. The Labute approximate surface area is 173 Å². The summed E-state index contributed by atoms with van der Waals surface area (Å²) in [6.45, 7) is 4.50. The van der Waals surface area contributed by atoms with E-state index in [0.29, 0.717) is 12.3 Å². The lowest BCUT2D eigenvalue weighted by atomic mass is 10.2. The first-order chi connectivity index (χ1) is 14.1. The van der Waals surface area contributed by atoms with Crippen LogP contribution < -0.4 is 20.7 Å². The van der Waals surface area contributed by atoms with E-state index in [1.54, 1.807) is 12.1 Å². The van der Waals surface area contributed by atoms with Crippen LogP contribution in [0.2, 0.25) is 0 Å². The molecule has 6 heteroatoms. The zero-order chi connectivity index (χ0) is 20.9. The van der Waals surface area contributed by atoms with Crippen LogP contribution in [0.5, 0.6) is 5.75 Å². The molecule has 3 N–H and O–H groups in total. The molecule has 0 aromatic heterocycles. The molecule has 6 nitrogen and oxygen atoms in total. The summed E-state index contributed by atoms with van der Waals surface area (Å²) >= 11 is 0. The summed E-state index contributed by atoms with van der Waals surface area (Å²) in [5.74, 6) is 0.500. The first-order valence-corrected chi connectivity index (χ1v) is 10.2. The van der Waals surface area contributed by atoms with Crippen LogP contribution in [0.25, 0.3) is 0 Å². The van der Waals surface area contributed by atoms with Gasteiger partial charge in [-0.25, -0.2) is 0 Å². The Kier molecular flexibility index (Phi) is 9.55. The lowest BCUT2D eigenvalue weighted by Gasteiger charge is -2.11. The Bertz CT molecular complexity index is 775. The van der Waals surface area contributed by atoms with E-state index in [2.05, 4.69) is 22.9 Å². The van der Waals surface area contributed by atoms with E-state index >= 15 is 0 Å². The molecule has 0 saturated carbocycles. The zero-order valence-electron chi connectivity index (χ0n) is 17.3.